The third-order valence-corrected chi connectivity index (χ3v) is 3.54. The van der Waals surface area contributed by atoms with Gasteiger partial charge in [-0.15, -0.1) is 0 Å². The van der Waals surface area contributed by atoms with Crippen LogP contribution < -0.4 is 0 Å². The van der Waals surface area contributed by atoms with Gasteiger partial charge in [-0.25, -0.2) is 0 Å². The third-order valence-electron chi connectivity index (χ3n) is 2.37. The molecule has 1 aliphatic heterocycles. The van der Waals surface area contributed by atoms with Crippen molar-refractivity contribution in [2.75, 3.05) is 11.5 Å². The van der Waals surface area contributed by atoms with Crippen LogP contribution in [-0.4, -0.2) is 27.1 Å². The zero-order chi connectivity index (χ0) is 9.26. The van der Waals surface area contributed by atoms with Crippen molar-refractivity contribution in [1.29, 1.82) is 0 Å². The molecule has 0 radical (unpaired) electrons. The third kappa shape index (κ3) is 1.63. The summed E-state index contributed by atoms with van der Waals surface area (Å²) < 4.78 is 1.66. The minimum Gasteiger partial charge on any atom is -0.292 e. The summed E-state index contributed by atoms with van der Waals surface area (Å²) in [6, 6.07) is 1.80. The van der Waals surface area contributed by atoms with E-state index < -0.39 is 0 Å². The molecule has 0 aromatic carbocycles. The Bertz CT molecular complexity index is 315. The van der Waals surface area contributed by atoms with Crippen LogP contribution in [0.2, 0.25) is 0 Å². The molecule has 1 aromatic rings. The van der Waals surface area contributed by atoms with Crippen LogP contribution in [-0.2, 0) is 7.05 Å². The second-order valence-corrected chi connectivity index (χ2v) is 4.41. The van der Waals surface area contributed by atoms with Crippen LogP contribution in [0.25, 0.3) is 0 Å². The molecule has 70 valence electrons. The summed E-state index contributed by atoms with van der Waals surface area (Å²) in [5, 5.41) is 4.00. The highest BCUT2D eigenvalue weighted by Gasteiger charge is 2.25. The lowest BCUT2D eigenvalue weighted by Gasteiger charge is -2.06. The SMILES string of the molecule is Cn1nccc1C(=O)C1CCSC1. The van der Waals surface area contributed by atoms with Gasteiger partial charge in [0.15, 0.2) is 5.78 Å². The highest BCUT2D eigenvalue weighted by molar-refractivity contribution is 7.99. The number of carbonyl (C=O) groups is 1. The molecule has 3 nitrogen and oxygen atoms in total. The van der Waals surface area contributed by atoms with E-state index >= 15 is 0 Å². The first-order valence-corrected chi connectivity index (χ1v) is 5.54. The van der Waals surface area contributed by atoms with Crippen LogP contribution in [0.4, 0.5) is 0 Å². The summed E-state index contributed by atoms with van der Waals surface area (Å²) in [5.41, 5.74) is 0.743. The molecule has 0 spiro atoms. The second-order valence-electron chi connectivity index (χ2n) is 3.26. The maximum atomic E-state index is 11.9. The summed E-state index contributed by atoms with van der Waals surface area (Å²) >= 11 is 1.86. The Kier molecular flexibility index (Phi) is 2.40. The van der Waals surface area contributed by atoms with Gasteiger partial charge in [-0.1, -0.05) is 0 Å². The summed E-state index contributed by atoms with van der Waals surface area (Å²) in [6.45, 7) is 0. The molecule has 0 bridgehead atoms. The summed E-state index contributed by atoms with van der Waals surface area (Å²) in [7, 11) is 1.81. The van der Waals surface area contributed by atoms with Crippen molar-refractivity contribution >= 4 is 17.5 Å². The Morgan fingerprint density at radius 2 is 2.62 bits per heavy atom. The number of nitrogens with zero attached hydrogens (tertiary/aromatic N) is 2. The zero-order valence-corrected chi connectivity index (χ0v) is 8.38. The van der Waals surface area contributed by atoms with Crippen LogP contribution in [0.1, 0.15) is 16.9 Å². The molecule has 4 heteroatoms. The number of Topliss-reactive ketones (excluding diaryl/α,β-unsaturated/α-hetero) is 1. The molecular weight excluding hydrogens is 184 g/mol. The minimum absolute atomic E-state index is 0.223. The molecule has 13 heavy (non-hydrogen) atoms. The highest BCUT2D eigenvalue weighted by atomic mass is 32.2. The highest BCUT2D eigenvalue weighted by Crippen LogP contribution is 2.26. The van der Waals surface area contributed by atoms with Gasteiger partial charge in [0.25, 0.3) is 0 Å². The van der Waals surface area contributed by atoms with Gasteiger partial charge in [0.1, 0.15) is 5.69 Å². The van der Waals surface area contributed by atoms with Crippen molar-refractivity contribution in [3.8, 4) is 0 Å². The predicted octanol–water partition coefficient (Wildman–Crippen LogP) is 1.36. The van der Waals surface area contributed by atoms with E-state index in [4.69, 9.17) is 0 Å². The fourth-order valence-electron chi connectivity index (χ4n) is 1.57. The predicted molar refractivity (Wildman–Crippen MR) is 53.0 cm³/mol. The fourth-order valence-corrected chi connectivity index (χ4v) is 2.79. The number of hydrogen-bond acceptors (Lipinski definition) is 3. The Labute approximate surface area is 81.5 Å². The van der Waals surface area contributed by atoms with Gasteiger partial charge >= 0.3 is 0 Å². The van der Waals surface area contributed by atoms with Gasteiger partial charge in [0.05, 0.1) is 0 Å². The van der Waals surface area contributed by atoms with Crippen molar-refractivity contribution in [3.05, 3.63) is 18.0 Å². The normalized spacial score (nSPS) is 22.1. The van der Waals surface area contributed by atoms with Crippen molar-refractivity contribution in [1.82, 2.24) is 9.78 Å². The zero-order valence-electron chi connectivity index (χ0n) is 7.56. The van der Waals surface area contributed by atoms with Gasteiger partial charge in [0.2, 0.25) is 0 Å². The molecule has 1 unspecified atom stereocenters. The van der Waals surface area contributed by atoms with Crippen molar-refractivity contribution in [2.45, 2.75) is 6.42 Å². The van der Waals surface area contributed by atoms with Gasteiger partial charge < -0.3 is 0 Å². The van der Waals surface area contributed by atoms with Crippen LogP contribution in [0, 0.1) is 5.92 Å². The Morgan fingerprint density at radius 1 is 1.77 bits per heavy atom. The number of carbonyl (C=O) groups excluding carboxylic acids is 1. The number of rotatable bonds is 2. The number of hydrogen-bond donors (Lipinski definition) is 0. The molecule has 0 saturated carbocycles. The standard InChI is InChI=1S/C9H12N2OS/c1-11-8(2-4-10-11)9(12)7-3-5-13-6-7/h2,4,7H,3,5-6H2,1H3. The summed E-state index contributed by atoms with van der Waals surface area (Å²) in [6.07, 6.45) is 2.70. The molecular formula is C9H12N2OS. The topological polar surface area (TPSA) is 34.9 Å². The molecule has 0 aliphatic carbocycles. The molecule has 1 aromatic heterocycles. The first-order chi connectivity index (χ1) is 6.29. The average Bonchev–Trinajstić information content (AvgIpc) is 2.72. The molecule has 2 heterocycles. The van der Waals surface area contributed by atoms with E-state index in [1.807, 2.05) is 18.8 Å². The van der Waals surface area contributed by atoms with E-state index in [1.165, 1.54) is 0 Å². The van der Waals surface area contributed by atoms with Gasteiger partial charge in [-0.05, 0) is 18.2 Å². The van der Waals surface area contributed by atoms with E-state index in [9.17, 15) is 4.79 Å². The Morgan fingerprint density at radius 3 is 3.15 bits per heavy atom. The first-order valence-electron chi connectivity index (χ1n) is 4.39. The Balaban J connectivity index is 2.17. The van der Waals surface area contributed by atoms with E-state index in [0.29, 0.717) is 0 Å². The molecule has 1 atom stereocenters. The monoisotopic (exact) mass is 196 g/mol. The van der Waals surface area contributed by atoms with Crippen molar-refractivity contribution in [3.63, 3.8) is 0 Å². The molecule has 0 amide bonds. The van der Waals surface area contributed by atoms with Crippen LogP contribution in [0.15, 0.2) is 12.3 Å². The lowest BCUT2D eigenvalue weighted by Crippen LogP contribution is -2.17. The molecule has 2 rings (SSSR count). The van der Waals surface area contributed by atoms with E-state index in [-0.39, 0.29) is 11.7 Å². The summed E-state index contributed by atoms with van der Waals surface area (Å²) in [5.74, 6) is 2.57. The maximum absolute atomic E-state index is 11.9. The Hall–Kier alpha value is -0.770. The molecule has 1 saturated heterocycles. The van der Waals surface area contributed by atoms with Gasteiger partial charge in [-0.3, -0.25) is 9.48 Å². The smallest absolute Gasteiger partial charge is 0.184 e. The maximum Gasteiger partial charge on any atom is 0.184 e. The lowest BCUT2D eigenvalue weighted by molar-refractivity contribution is 0.0924. The fraction of sp³-hybridized carbons (Fsp3) is 0.556. The second kappa shape index (κ2) is 3.54. The minimum atomic E-state index is 0.223. The number of thioether (sulfide) groups is 1. The molecule has 1 aliphatic rings. The largest absolute Gasteiger partial charge is 0.292 e. The summed E-state index contributed by atoms with van der Waals surface area (Å²) in [4.78, 5) is 11.9. The van der Waals surface area contributed by atoms with Crippen LogP contribution in [0.3, 0.4) is 0 Å². The van der Waals surface area contributed by atoms with E-state index in [2.05, 4.69) is 5.10 Å². The van der Waals surface area contributed by atoms with Crippen LogP contribution >= 0.6 is 11.8 Å². The van der Waals surface area contributed by atoms with E-state index in [1.54, 1.807) is 16.9 Å². The quantitative estimate of drug-likeness (QED) is 0.670. The van der Waals surface area contributed by atoms with Gasteiger partial charge in [-0.2, -0.15) is 16.9 Å². The average molecular weight is 196 g/mol. The van der Waals surface area contributed by atoms with Gasteiger partial charge in [0, 0.05) is 24.9 Å². The van der Waals surface area contributed by atoms with E-state index in [0.717, 1.165) is 23.6 Å². The number of aryl methyl sites for hydroxylation is 1. The van der Waals surface area contributed by atoms with Crippen molar-refractivity contribution < 1.29 is 4.79 Å². The first kappa shape index (κ1) is 8.81. The van der Waals surface area contributed by atoms with Crippen molar-refractivity contribution in [2.24, 2.45) is 13.0 Å². The number of aromatic nitrogens is 2. The molecule has 1 fully saturated rings. The lowest BCUT2D eigenvalue weighted by atomic mass is 10.0. The molecule has 0 N–H and O–H groups in total. The van der Waals surface area contributed by atoms with Crippen LogP contribution in [0.5, 0.6) is 0 Å². The number of ketones is 1.